The SMILES string of the molecule is O=C1NC(=S)S/C1=C\c1c(OC(F)F)ccc2ccccc12. The summed E-state index contributed by atoms with van der Waals surface area (Å²) < 4.78 is 30.1. The van der Waals surface area contributed by atoms with Crippen molar-refractivity contribution in [3.63, 3.8) is 0 Å². The molecule has 7 heteroatoms. The van der Waals surface area contributed by atoms with Crippen LogP contribution in [0.25, 0.3) is 16.8 Å². The van der Waals surface area contributed by atoms with Gasteiger partial charge in [-0.3, -0.25) is 4.79 Å². The summed E-state index contributed by atoms with van der Waals surface area (Å²) in [5.41, 5.74) is 0.431. The van der Waals surface area contributed by atoms with Crippen LogP contribution in [0.15, 0.2) is 41.3 Å². The van der Waals surface area contributed by atoms with E-state index in [9.17, 15) is 13.6 Å². The van der Waals surface area contributed by atoms with Gasteiger partial charge in [-0.05, 0) is 22.9 Å². The number of hydrogen-bond donors (Lipinski definition) is 1. The monoisotopic (exact) mass is 337 g/mol. The van der Waals surface area contributed by atoms with Gasteiger partial charge in [0.1, 0.15) is 10.1 Å². The highest BCUT2D eigenvalue weighted by Gasteiger charge is 2.23. The third-order valence-corrected chi connectivity index (χ3v) is 4.23. The van der Waals surface area contributed by atoms with Crippen LogP contribution in [0, 0.1) is 0 Å². The van der Waals surface area contributed by atoms with E-state index in [1.54, 1.807) is 18.2 Å². The van der Waals surface area contributed by atoms with Crippen LogP contribution in [0.2, 0.25) is 0 Å². The topological polar surface area (TPSA) is 38.3 Å². The van der Waals surface area contributed by atoms with Gasteiger partial charge >= 0.3 is 6.61 Å². The molecule has 112 valence electrons. The largest absolute Gasteiger partial charge is 0.434 e. The molecule has 0 atom stereocenters. The lowest BCUT2D eigenvalue weighted by atomic mass is 10.0. The Morgan fingerprint density at radius 1 is 1.23 bits per heavy atom. The molecule has 22 heavy (non-hydrogen) atoms. The summed E-state index contributed by atoms with van der Waals surface area (Å²) in [7, 11) is 0. The van der Waals surface area contributed by atoms with E-state index in [4.69, 9.17) is 12.2 Å². The molecule has 0 radical (unpaired) electrons. The normalized spacial score (nSPS) is 16.6. The number of thioether (sulfide) groups is 1. The molecule has 1 fully saturated rings. The first-order chi connectivity index (χ1) is 10.5. The lowest BCUT2D eigenvalue weighted by molar-refractivity contribution is -0.115. The molecule has 0 aliphatic carbocycles. The zero-order valence-electron chi connectivity index (χ0n) is 11.0. The zero-order valence-corrected chi connectivity index (χ0v) is 12.6. The fourth-order valence-electron chi connectivity index (χ4n) is 2.18. The van der Waals surface area contributed by atoms with Gasteiger partial charge in [0.15, 0.2) is 0 Å². The van der Waals surface area contributed by atoms with Crippen molar-refractivity contribution in [2.24, 2.45) is 0 Å². The highest BCUT2D eigenvalue weighted by Crippen LogP contribution is 2.34. The number of alkyl halides is 2. The molecule has 1 N–H and O–H groups in total. The van der Waals surface area contributed by atoms with Crippen molar-refractivity contribution in [1.29, 1.82) is 0 Å². The third-order valence-electron chi connectivity index (χ3n) is 3.06. The van der Waals surface area contributed by atoms with E-state index >= 15 is 0 Å². The van der Waals surface area contributed by atoms with E-state index < -0.39 is 6.61 Å². The van der Waals surface area contributed by atoms with Gasteiger partial charge in [-0.2, -0.15) is 8.78 Å². The molecule has 0 saturated carbocycles. The minimum Gasteiger partial charge on any atom is -0.434 e. The number of halogens is 2. The molecule has 0 aromatic heterocycles. The van der Waals surface area contributed by atoms with Crippen LogP contribution < -0.4 is 10.1 Å². The number of ether oxygens (including phenoxy) is 1. The van der Waals surface area contributed by atoms with Crippen LogP contribution in [0.5, 0.6) is 5.75 Å². The van der Waals surface area contributed by atoms with E-state index in [1.807, 2.05) is 12.1 Å². The maximum absolute atomic E-state index is 12.6. The van der Waals surface area contributed by atoms with Crippen LogP contribution in [-0.4, -0.2) is 16.8 Å². The van der Waals surface area contributed by atoms with Crippen molar-refractivity contribution in [3.8, 4) is 5.75 Å². The number of hydrogen-bond acceptors (Lipinski definition) is 4. The maximum atomic E-state index is 12.6. The Morgan fingerprint density at radius 2 is 2.00 bits per heavy atom. The molecule has 1 aliphatic heterocycles. The lowest BCUT2D eigenvalue weighted by Gasteiger charge is -2.11. The first-order valence-electron chi connectivity index (χ1n) is 6.26. The van der Waals surface area contributed by atoms with Crippen LogP contribution in [0.1, 0.15) is 5.56 Å². The number of nitrogens with one attached hydrogen (secondary N) is 1. The quantitative estimate of drug-likeness (QED) is 0.680. The Balaban J connectivity index is 2.18. The van der Waals surface area contributed by atoms with Crippen molar-refractivity contribution in [3.05, 3.63) is 46.9 Å². The number of carbonyl (C=O) groups excluding carboxylic acids is 1. The maximum Gasteiger partial charge on any atom is 0.387 e. The fraction of sp³-hybridized carbons (Fsp3) is 0.0667. The van der Waals surface area contributed by atoms with Crippen molar-refractivity contribution >= 4 is 51.1 Å². The molecule has 2 aromatic rings. The van der Waals surface area contributed by atoms with Gasteiger partial charge in [0.2, 0.25) is 0 Å². The fourth-order valence-corrected chi connectivity index (χ4v) is 3.20. The second-order valence-corrected chi connectivity index (χ2v) is 6.15. The number of benzene rings is 2. The van der Waals surface area contributed by atoms with Gasteiger partial charge in [-0.15, -0.1) is 0 Å². The smallest absolute Gasteiger partial charge is 0.387 e. The summed E-state index contributed by atoms with van der Waals surface area (Å²) in [6, 6.07) is 10.5. The summed E-state index contributed by atoms with van der Waals surface area (Å²) in [6.07, 6.45) is 1.53. The first kappa shape index (κ1) is 14.9. The predicted molar refractivity (Wildman–Crippen MR) is 86.9 cm³/mol. The zero-order chi connectivity index (χ0) is 15.7. The second kappa shape index (κ2) is 6.02. The van der Waals surface area contributed by atoms with E-state index in [2.05, 4.69) is 10.1 Å². The van der Waals surface area contributed by atoms with Gasteiger partial charge in [-0.1, -0.05) is 54.3 Å². The van der Waals surface area contributed by atoms with Gasteiger partial charge in [0, 0.05) is 5.56 Å². The summed E-state index contributed by atoms with van der Waals surface area (Å²) in [4.78, 5) is 12.1. The molecule has 1 saturated heterocycles. The number of amides is 1. The van der Waals surface area contributed by atoms with E-state index in [1.165, 1.54) is 12.1 Å². The van der Waals surface area contributed by atoms with Crippen molar-refractivity contribution in [2.75, 3.05) is 0 Å². The average molecular weight is 337 g/mol. The summed E-state index contributed by atoms with van der Waals surface area (Å²) in [5.74, 6) is -0.321. The Labute approximate surface area is 134 Å². The first-order valence-corrected chi connectivity index (χ1v) is 7.48. The Kier molecular flexibility index (Phi) is 4.08. The molecular weight excluding hydrogens is 328 g/mol. The van der Waals surface area contributed by atoms with E-state index in [0.717, 1.165) is 22.5 Å². The van der Waals surface area contributed by atoms with Gasteiger partial charge < -0.3 is 10.1 Å². The van der Waals surface area contributed by atoms with Crippen molar-refractivity contribution in [1.82, 2.24) is 5.32 Å². The predicted octanol–water partition coefficient (Wildman–Crippen LogP) is 3.93. The van der Waals surface area contributed by atoms with Crippen molar-refractivity contribution in [2.45, 2.75) is 6.61 Å². The minimum absolute atomic E-state index is 0.0208. The van der Waals surface area contributed by atoms with Crippen molar-refractivity contribution < 1.29 is 18.3 Å². The molecule has 2 aromatic carbocycles. The Bertz CT molecular complexity index is 805. The van der Waals surface area contributed by atoms with Gasteiger partial charge in [0.25, 0.3) is 5.91 Å². The number of rotatable bonds is 3. The van der Waals surface area contributed by atoms with E-state index in [-0.39, 0.29) is 11.7 Å². The van der Waals surface area contributed by atoms with Crippen LogP contribution in [0.4, 0.5) is 8.78 Å². The second-order valence-electron chi connectivity index (χ2n) is 4.43. The standard InChI is InChI=1S/C15H9F2NO2S2/c16-14(17)20-11-6-5-8-3-1-2-4-9(8)10(11)7-12-13(19)18-15(21)22-12/h1-7,14H,(H,18,19,21)/b12-7-. The highest BCUT2D eigenvalue weighted by molar-refractivity contribution is 8.26. The molecule has 3 rings (SSSR count). The summed E-state index contributed by atoms with van der Waals surface area (Å²) >= 11 is 6.02. The molecule has 1 heterocycles. The lowest BCUT2D eigenvalue weighted by Crippen LogP contribution is -2.17. The minimum atomic E-state index is -2.94. The number of carbonyl (C=O) groups is 1. The highest BCUT2D eigenvalue weighted by atomic mass is 32.2. The van der Waals surface area contributed by atoms with Crippen LogP contribution in [0.3, 0.4) is 0 Å². The Hall–Kier alpha value is -1.99. The molecule has 0 unspecified atom stereocenters. The molecule has 0 bridgehead atoms. The van der Waals surface area contributed by atoms with Crippen LogP contribution in [-0.2, 0) is 4.79 Å². The van der Waals surface area contributed by atoms with Gasteiger partial charge in [-0.25, -0.2) is 0 Å². The molecule has 0 spiro atoms. The summed E-state index contributed by atoms with van der Waals surface area (Å²) in [5, 5.41) is 4.08. The molecule has 3 nitrogen and oxygen atoms in total. The van der Waals surface area contributed by atoms with Gasteiger partial charge in [0.05, 0.1) is 4.91 Å². The average Bonchev–Trinajstić information content (AvgIpc) is 2.79. The van der Waals surface area contributed by atoms with Crippen LogP contribution >= 0.6 is 24.0 Å². The Morgan fingerprint density at radius 3 is 2.68 bits per heavy atom. The summed E-state index contributed by atoms with van der Waals surface area (Å²) in [6.45, 7) is -2.94. The molecule has 1 amide bonds. The number of thiocarbonyl (C=S) groups is 1. The third kappa shape index (κ3) is 2.95. The molecular formula is C15H9F2NO2S2. The molecule has 1 aliphatic rings. The number of fused-ring (bicyclic) bond motifs is 1. The van der Waals surface area contributed by atoms with E-state index in [0.29, 0.717) is 14.8 Å².